The number of nitrogens with one attached hydrogen (secondary N) is 1. The summed E-state index contributed by atoms with van der Waals surface area (Å²) in [6, 6.07) is 5.06. The van der Waals surface area contributed by atoms with E-state index in [1.165, 1.54) is 0 Å². The highest BCUT2D eigenvalue weighted by Crippen LogP contribution is 2.33. The number of carbonyl (C=O) groups excluding carboxylic acids is 2. The summed E-state index contributed by atoms with van der Waals surface area (Å²) < 4.78 is 0. The molecule has 3 nitrogen and oxygen atoms in total. The van der Waals surface area contributed by atoms with Gasteiger partial charge in [-0.2, -0.15) is 0 Å². The van der Waals surface area contributed by atoms with Gasteiger partial charge >= 0.3 is 0 Å². The first-order chi connectivity index (χ1) is 6.65. The second-order valence-electron chi connectivity index (χ2n) is 2.84. The van der Waals surface area contributed by atoms with Crippen LogP contribution in [-0.2, 0) is 9.59 Å². The molecule has 1 aromatic rings. The zero-order chi connectivity index (χ0) is 10.1. The lowest BCUT2D eigenvalue weighted by Crippen LogP contribution is -2.11. The predicted molar refractivity (Wildman–Crippen MR) is 55.6 cm³/mol. The Morgan fingerprint density at radius 1 is 1.36 bits per heavy atom. The maximum absolute atomic E-state index is 11.2. The molecule has 0 saturated carbocycles. The Bertz CT molecular complexity index is 419. The number of hydrogen-bond acceptors (Lipinski definition) is 3. The van der Waals surface area contributed by atoms with E-state index in [9.17, 15) is 9.59 Å². The van der Waals surface area contributed by atoms with Crippen molar-refractivity contribution < 1.29 is 9.59 Å². The Morgan fingerprint density at radius 2 is 2.14 bits per heavy atom. The van der Waals surface area contributed by atoms with Gasteiger partial charge in [-0.25, -0.2) is 0 Å². The van der Waals surface area contributed by atoms with Crippen LogP contribution in [-0.4, -0.2) is 11.0 Å². The van der Waals surface area contributed by atoms with Gasteiger partial charge in [-0.15, -0.1) is 0 Å². The third-order valence-electron chi connectivity index (χ3n) is 1.74. The van der Waals surface area contributed by atoms with E-state index in [0.717, 1.165) is 16.7 Å². The Kier molecular flexibility index (Phi) is 2.48. The summed E-state index contributed by atoms with van der Waals surface area (Å²) >= 11 is 6.83. The zero-order valence-corrected chi connectivity index (χ0v) is 8.61. The predicted octanol–water partition coefficient (Wildman–Crippen LogP) is 2.30. The second kappa shape index (κ2) is 3.63. The number of amides is 1. The van der Waals surface area contributed by atoms with Crippen molar-refractivity contribution in [3.05, 3.63) is 23.2 Å². The molecule has 1 heterocycles. The van der Waals surface area contributed by atoms with Gasteiger partial charge in [-0.05, 0) is 30.0 Å². The Hall–Kier alpha value is -1.00. The molecule has 0 aliphatic carbocycles. The smallest absolute Gasteiger partial charge is 0.232 e. The van der Waals surface area contributed by atoms with E-state index >= 15 is 0 Å². The third-order valence-corrected chi connectivity index (χ3v) is 2.93. The molecular weight excluding hydrogens is 222 g/mol. The van der Waals surface area contributed by atoms with Crippen molar-refractivity contribution >= 4 is 40.1 Å². The lowest BCUT2D eigenvalue weighted by Gasteiger charge is -2.04. The number of halogens is 1. The monoisotopic (exact) mass is 227 g/mol. The van der Waals surface area contributed by atoms with Crippen molar-refractivity contribution in [1.82, 2.24) is 0 Å². The highest BCUT2D eigenvalue weighted by Gasteiger charge is 2.19. The van der Waals surface area contributed by atoms with Crippen LogP contribution in [0, 0.1) is 0 Å². The topological polar surface area (TPSA) is 46.2 Å². The fourth-order valence-corrected chi connectivity index (χ4v) is 2.15. The largest absolute Gasteiger partial charge is 0.325 e. The zero-order valence-electron chi connectivity index (χ0n) is 7.04. The summed E-state index contributed by atoms with van der Waals surface area (Å²) in [5.74, 6) is -0.288. The summed E-state index contributed by atoms with van der Waals surface area (Å²) in [6.45, 7) is 0. The number of benzene rings is 1. The summed E-state index contributed by atoms with van der Waals surface area (Å²) in [6.07, 6.45) is -0.0863. The number of rotatable bonds is 0. The van der Waals surface area contributed by atoms with Crippen molar-refractivity contribution in [3.63, 3.8) is 0 Å². The molecule has 14 heavy (non-hydrogen) atoms. The normalized spacial score (nSPS) is 15.8. The minimum atomic E-state index is -0.288. The van der Waals surface area contributed by atoms with Gasteiger partial charge in [0.15, 0.2) is 0 Å². The molecule has 0 spiro atoms. The Labute approximate surface area is 89.8 Å². The molecule has 0 aromatic heterocycles. The van der Waals surface area contributed by atoms with Crippen LogP contribution in [0.15, 0.2) is 23.1 Å². The molecule has 1 aliphatic rings. The van der Waals surface area contributed by atoms with Gasteiger partial charge in [0.25, 0.3) is 0 Å². The molecule has 0 unspecified atom stereocenters. The van der Waals surface area contributed by atoms with Crippen LogP contribution >= 0.6 is 23.4 Å². The van der Waals surface area contributed by atoms with Crippen LogP contribution in [0.25, 0.3) is 0 Å². The third kappa shape index (κ3) is 1.91. The molecule has 0 fully saturated rings. The van der Waals surface area contributed by atoms with Gasteiger partial charge in [-0.1, -0.05) is 11.6 Å². The van der Waals surface area contributed by atoms with E-state index in [4.69, 9.17) is 11.6 Å². The van der Waals surface area contributed by atoms with E-state index in [1.807, 2.05) is 0 Å². The van der Waals surface area contributed by atoms with E-state index in [-0.39, 0.29) is 17.4 Å². The summed E-state index contributed by atoms with van der Waals surface area (Å²) in [7, 11) is 0. The van der Waals surface area contributed by atoms with Crippen LogP contribution in [0.2, 0.25) is 5.02 Å². The van der Waals surface area contributed by atoms with Crippen molar-refractivity contribution in [2.24, 2.45) is 0 Å². The highest BCUT2D eigenvalue weighted by atomic mass is 35.5. The molecular formula is C9H6ClNO2S. The molecule has 1 aliphatic heterocycles. The van der Waals surface area contributed by atoms with E-state index in [0.29, 0.717) is 10.7 Å². The van der Waals surface area contributed by atoms with Crippen LogP contribution in [0.3, 0.4) is 0 Å². The van der Waals surface area contributed by atoms with Gasteiger partial charge < -0.3 is 5.32 Å². The van der Waals surface area contributed by atoms with E-state index < -0.39 is 0 Å². The second-order valence-corrected chi connectivity index (χ2v) is 4.38. The number of thioether (sulfide) groups is 1. The molecule has 0 radical (unpaired) electrons. The van der Waals surface area contributed by atoms with Gasteiger partial charge in [0.05, 0.1) is 12.1 Å². The molecule has 5 heteroatoms. The first-order valence-electron chi connectivity index (χ1n) is 3.95. The van der Waals surface area contributed by atoms with Gasteiger partial charge in [0.2, 0.25) is 11.0 Å². The van der Waals surface area contributed by atoms with Crippen LogP contribution in [0.5, 0.6) is 0 Å². The van der Waals surface area contributed by atoms with E-state index in [1.54, 1.807) is 18.2 Å². The summed E-state index contributed by atoms with van der Waals surface area (Å²) in [5.41, 5.74) is 0.610. The van der Waals surface area contributed by atoms with Crippen LogP contribution in [0.4, 0.5) is 5.69 Å². The number of carbonyl (C=O) groups is 2. The van der Waals surface area contributed by atoms with Gasteiger partial charge in [0.1, 0.15) is 0 Å². The molecule has 0 saturated heterocycles. The van der Waals surface area contributed by atoms with Crippen LogP contribution < -0.4 is 5.32 Å². The fourth-order valence-electron chi connectivity index (χ4n) is 1.17. The summed E-state index contributed by atoms with van der Waals surface area (Å²) in [4.78, 5) is 23.1. The van der Waals surface area contributed by atoms with Crippen molar-refractivity contribution in [3.8, 4) is 0 Å². The van der Waals surface area contributed by atoms with Gasteiger partial charge in [0, 0.05) is 9.92 Å². The fraction of sp³-hybridized carbons (Fsp3) is 0.111. The SMILES string of the molecule is O=C1CC(=O)Sc2ccc(Cl)cc2N1. The average molecular weight is 228 g/mol. The molecule has 1 N–H and O–H groups in total. The number of anilines is 1. The lowest BCUT2D eigenvalue weighted by atomic mass is 10.3. The molecule has 1 amide bonds. The molecule has 0 atom stereocenters. The lowest BCUT2D eigenvalue weighted by molar-refractivity contribution is -0.121. The number of fused-ring (bicyclic) bond motifs is 1. The highest BCUT2D eigenvalue weighted by molar-refractivity contribution is 8.13. The van der Waals surface area contributed by atoms with Crippen LogP contribution in [0.1, 0.15) is 6.42 Å². The first-order valence-corrected chi connectivity index (χ1v) is 5.15. The molecule has 0 bridgehead atoms. The minimum Gasteiger partial charge on any atom is -0.325 e. The summed E-state index contributed by atoms with van der Waals surface area (Å²) in [5, 5.41) is 3.02. The first kappa shape index (κ1) is 9.55. The van der Waals surface area contributed by atoms with E-state index in [2.05, 4.69) is 5.32 Å². The maximum Gasteiger partial charge on any atom is 0.232 e. The molecule has 2 rings (SSSR count). The van der Waals surface area contributed by atoms with Crippen molar-refractivity contribution in [2.75, 3.05) is 5.32 Å². The number of hydrogen-bond donors (Lipinski definition) is 1. The molecule has 72 valence electrons. The van der Waals surface area contributed by atoms with Crippen molar-refractivity contribution in [2.45, 2.75) is 11.3 Å². The van der Waals surface area contributed by atoms with Crippen molar-refractivity contribution in [1.29, 1.82) is 0 Å². The Balaban J connectivity index is 2.46. The minimum absolute atomic E-state index is 0.0863. The van der Waals surface area contributed by atoms with Gasteiger partial charge in [-0.3, -0.25) is 9.59 Å². The standard InChI is InChI=1S/C9H6ClNO2S/c10-5-1-2-7-6(3-5)11-8(12)4-9(13)14-7/h1-3H,4H2,(H,11,12). The average Bonchev–Trinajstić information content (AvgIpc) is 2.21. The Morgan fingerprint density at radius 3 is 2.93 bits per heavy atom. The maximum atomic E-state index is 11.2. The molecule has 1 aromatic carbocycles. The quantitative estimate of drug-likeness (QED) is 0.692.